The van der Waals surface area contributed by atoms with Crippen molar-refractivity contribution in [3.8, 4) is 6.07 Å². The van der Waals surface area contributed by atoms with Gasteiger partial charge in [-0.2, -0.15) is 5.26 Å². The number of nitriles is 1. The van der Waals surface area contributed by atoms with Gasteiger partial charge in [-0.25, -0.2) is 0 Å². The van der Waals surface area contributed by atoms with E-state index in [2.05, 4.69) is 35.8 Å². The first-order chi connectivity index (χ1) is 9.88. The number of piperidine rings is 1. The summed E-state index contributed by atoms with van der Waals surface area (Å²) < 4.78 is 5.96. The van der Waals surface area contributed by atoms with E-state index >= 15 is 0 Å². The molecule has 3 fully saturated rings. The standard InChI is InChI=1S/C16H17BrN2O2/c1-14-9-19(13(20)11-3-4-12(17)21-11)16(8-18)7-10(14)5-6-15(14,16)2/h3-4,10H,5-7,9H2,1-2H3/t10-,14-,15+,16-/m1/s1. The summed E-state index contributed by atoms with van der Waals surface area (Å²) in [4.78, 5) is 14.6. The van der Waals surface area contributed by atoms with Gasteiger partial charge < -0.3 is 9.32 Å². The van der Waals surface area contributed by atoms with Gasteiger partial charge in [-0.05, 0) is 58.7 Å². The zero-order valence-electron chi connectivity index (χ0n) is 12.1. The molecule has 2 saturated carbocycles. The third-order valence-corrected chi connectivity index (χ3v) is 7.20. The lowest BCUT2D eigenvalue weighted by atomic mass is 9.66. The number of hydrogen-bond acceptors (Lipinski definition) is 3. The third kappa shape index (κ3) is 1.25. The van der Waals surface area contributed by atoms with Crippen molar-refractivity contribution in [2.24, 2.45) is 16.7 Å². The van der Waals surface area contributed by atoms with Crippen LogP contribution in [-0.4, -0.2) is 22.9 Å². The first-order valence-corrected chi connectivity index (χ1v) is 8.16. The van der Waals surface area contributed by atoms with E-state index < -0.39 is 5.54 Å². The van der Waals surface area contributed by atoms with Crippen LogP contribution in [0.3, 0.4) is 0 Å². The number of nitrogens with zero attached hydrogens (tertiary/aromatic N) is 2. The minimum Gasteiger partial charge on any atom is -0.444 e. The lowest BCUT2D eigenvalue weighted by Crippen LogP contribution is -2.54. The zero-order valence-corrected chi connectivity index (χ0v) is 13.7. The molecule has 4 bridgehead atoms. The van der Waals surface area contributed by atoms with Crippen LogP contribution in [0.4, 0.5) is 0 Å². The molecule has 1 aromatic heterocycles. The van der Waals surface area contributed by atoms with Gasteiger partial charge in [0.15, 0.2) is 10.4 Å². The normalized spacial score (nSPS) is 43.3. The molecule has 0 unspecified atom stereocenters. The molecule has 5 heteroatoms. The van der Waals surface area contributed by atoms with Crippen LogP contribution in [0.1, 0.15) is 43.7 Å². The number of carbonyl (C=O) groups excluding carboxylic acids is 1. The third-order valence-electron chi connectivity index (χ3n) is 6.77. The summed E-state index contributed by atoms with van der Waals surface area (Å²) in [5.74, 6) is 0.721. The topological polar surface area (TPSA) is 57.2 Å². The summed E-state index contributed by atoms with van der Waals surface area (Å²) in [5, 5.41) is 9.93. The van der Waals surface area contributed by atoms with Crippen molar-refractivity contribution in [2.75, 3.05) is 6.54 Å². The molecular formula is C16H17BrN2O2. The van der Waals surface area contributed by atoms with Crippen LogP contribution < -0.4 is 0 Å². The fourth-order valence-corrected chi connectivity index (χ4v) is 5.62. The molecule has 4 nitrogen and oxygen atoms in total. The number of amides is 1. The highest BCUT2D eigenvalue weighted by molar-refractivity contribution is 9.10. The lowest BCUT2D eigenvalue weighted by molar-refractivity contribution is 0.0399. The summed E-state index contributed by atoms with van der Waals surface area (Å²) in [6, 6.07) is 5.92. The van der Waals surface area contributed by atoms with Crippen molar-refractivity contribution in [3.63, 3.8) is 0 Å². The molecule has 0 aromatic carbocycles. The first-order valence-electron chi connectivity index (χ1n) is 7.36. The van der Waals surface area contributed by atoms with E-state index in [0.29, 0.717) is 22.9 Å². The SMILES string of the molecule is C[C@@]12CC[C@@H]3C[C@]1(C#N)N(C(=O)c1ccc(Br)o1)C[C@]32C. The molecule has 0 N–H and O–H groups in total. The van der Waals surface area contributed by atoms with Gasteiger partial charge in [0.05, 0.1) is 6.07 Å². The fourth-order valence-electron chi connectivity index (χ4n) is 5.32. The maximum absolute atomic E-state index is 12.8. The molecule has 1 saturated heterocycles. The molecule has 0 spiro atoms. The van der Waals surface area contributed by atoms with E-state index in [1.54, 1.807) is 17.0 Å². The molecule has 3 aliphatic rings. The Labute approximate surface area is 132 Å². The quantitative estimate of drug-likeness (QED) is 0.779. The van der Waals surface area contributed by atoms with Crippen LogP contribution in [0.25, 0.3) is 0 Å². The second-order valence-electron chi connectivity index (χ2n) is 7.16. The average molecular weight is 349 g/mol. The summed E-state index contributed by atoms with van der Waals surface area (Å²) >= 11 is 3.23. The Bertz CT molecular complexity index is 693. The van der Waals surface area contributed by atoms with Crippen LogP contribution in [0.15, 0.2) is 21.2 Å². The second kappa shape index (κ2) is 3.73. The highest BCUT2D eigenvalue weighted by Crippen LogP contribution is 2.75. The van der Waals surface area contributed by atoms with Crippen molar-refractivity contribution in [3.05, 3.63) is 22.6 Å². The van der Waals surface area contributed by atoms with Crippen LogP contribution in [0.2, 0.25) is 0 Å². The summed E-state index contributed by atoms with van der Waals surface area (Å²) in [6.07, 6.45) is 3.03. The predicted molar refractivity (Wildman–Crippen MR) is 79.3 cm³/mol. The van der Waals surface area contributed by atoms with E-state index in [9.17, 15) is 10.1 Å². The second-order valence-corrected chi connectivity index (χ2v) is 7.94. The van der Waals surface area contributed by atoms with Gasteiger partial charge in [0.25, 0.3) is 5.91 Å². The number of carbonyl (C=O) groups is 1. The number of rotatable bonds is 1. The summed E-state index contributed by atoms with van der Waals surface area (Å²) in [6.45, 7) is 5.13. The van der Waals surface area contributed by atoms with Crippen LogP contribution in [0, 0.1) is 28.1 Å². The molecule has 1 amide bonds. The molecule has 110 valence electrons. The van der Waals surface area contributed by atoms with Crippen molar-refractivity contribution < 1.29 is 9.21 Å². The van der Waals surface area contributed by atoms with Gasteiger partial charge in [0.1, 0.15) is 5.54 Å². The minimum absolute atomic E-state index is 0.0578. The largest absolute Gasteiger partial charge is 0.444 e. The average Bonchev–Trinajstić information content (AvgIpc) is 3.10. The summed E-state index contributed by atoms with van der Waals surface area (Å²) in [5.41, 5.74) is -0.706. The molecule has 2 heterocycles. The molecular weight excluding hydrogens is 332 g/mol. The first kappa shape index (κ1) is 13.4. The van der Waals surface area contributed by atoms with Gasteiger partial charge >= 0.3 is 0 Å². The highest BCUT2D eigenvalue weighted by Gasteiger charge is 2.79. The fraction of sp³-hybridized carbons (Fsp3) is 0.625. The number of hydrogen-bond donors (Lipinski definition) is 0. The molecule has 2 aliphatic carbocycles. The van der Waals surface area contributed by atoms with E-state index in [1.165, 1.54) is 6.42 Å². The zero-order chi connectivity index (χ0) is 15.0. The van der Waals surface area contributed by atoms with Crippen molar-refractivity contribution >= 4 is 21.8 Å². The predicted octanol–water partition coefficient (Wildman–Crippen LogP) is 3.59. The number of likely N-dealkylation sites (tertiary alicyclic amines) is 1. The smallest absolute Gasteiger partial charge is 0.290 e. The molecule has 1 aromatic rings. The maximum atomic E-state index is 12.8. The van der Waals surface area contributed by atoms with Gasteiger partial charge in [0.2, 0.25) is 0 Å². The molecule has 21 heavy (non-hydrogen) atoms. The highest BCUT2D eigenvalue weighted by atomic mass is 79.9. The monoisotopic (exact) mass is 348 g/mol. The van der Waals surface area contributed by atoms with E-state index in [4.69, 9.17) is 4.42 Å². The van der Waals surface area contributed by atoms with E-state index in [0.717, 1.165) is 12.8 Å². The lowest BCUT2D eigenvalue weighted by Gasteiger charge is -2.42. The summed E-state index contributed by atoms with van der Waals surface area (Å²) in [7, 11) is 0. The molecule has 4 atom stereocenters. The van der Waals surface area contributed by atoms with E-state index in [-0.39, 0.29) is 16.7 Å². The van der Waals surface area contributed by atoms with Crippen LogP contribution >= 0.6 is 15.9 Å². The Hall–Kier alpha value is -1.28. The van der Waals surface area contributed by atoms with Gasteiger partial charge in [-0.15, -0.1) is 0 Å². The number of furan rings is 1. The Morgan fingerprint density at radius 3 is 2.86 bits per heavy atom. The Balaban J connectivity index is 1.80. The minimum atomic E-state index is -0.666. The molecule has 0 radical (unpaired) electrons. The Morgan fingerprint density at radius 1 is 1.52 bits per heavy atom. The molecule has 1 aliphatic heterocycles. The molecule has 4 rings (SSSR count). The van der Waals surface area contributed by atoms with Crippen molar-refractivity contribution in [1.82, 2.24) is 4.90 Å². The van der Waals surface area contributed by atoms with Gasteiger partial charge in [-0.1, -0.05) is 13.8 Å². The van der Waals surface area contributed by atoms with Crippen LogP contribution in [-0.2, 0) is 0 Å². The van der Waals surface area contributed by atoms with Crippen LogP contribution in [0.5, 0.6) is 0 Å². The van der Waals surface area contributed by atoms with E-state index in [1.807, 2.05) is 0 Å². The Morgan fingerprint density at radius 2 is 2.29 bits per heavy atom. The van der Waals surface area contributed by atoms with Crippen molar-refractivity contribution in [1.29, 1.82) is 5.26 Å². The van der Waals surface area contributed by atoms with Crippen molar-refractivity contribution in [2.45, 2.75) is 38.6 Å². The van der Waals surface area contributed by atoms with Gasteiger partial charge in [0, 0.05) is 12.0 Å². The number of halogens is 1. The Kier molecular flexibility index (Phi) is 2.38. The van der Waals surface area contributed by atoms with Gasteiger partial charge in [-0.3, -0.25) is 4.79 Å². The maximum Gasteiger partial charge on any atom is 0.290 e.